The molecule has 1 aliphatic rings. The average molecular weight is 359 g/mol. The molecule has 1 aromatic heterocycles. The Morgan fingerprint density at radius 3 is 2.75 bits per heavy atom. The number of nitrogens with zero attached hydrogens (tertiary/aromatic N) is 2. The van der Waals surface area contributed by atoms with Crippen LogP contribution in [-0.4, -0.2) is 28.4 Å². The van der Waals surface area contributed by atoms with Crippen LogP contribution in [0.25, 0.3) is 0 Å². The molecule has 2 aromatic rings. The second kappa shape index (κ2) is 6.01. The van der Waals surface area contributed by atoms with Crippen LogP contribution in [-0.2, 0) is 0 Å². The van der Waals surface area contributed by atoms with E-state index in [9.17, 15) is 18.0 Å². The lowest BCUT2D eigenvalue weighted by molar-refractivity contribution is -0.172. The molecule has 2 atom stereocenters. The number of fused-ring (bicyclic) bond motifs is 1. The van der Waals surface area contributed by atoms with E-state index >= 15 is 0 Å². The zero-order valence-corrected chi connectivity index (χ0v) is 13.3. The van der Waals surface area contributed by atoms with E-state index in [1.807, 2.05) is 0 Å². The van der Waals surface area contributed by atoms with Gasteiger partial charge in [-0.2, -0.15) is 18.3 Å². The summed E-state index contributed by atoms with van der Waals surface area (Å²) in [6.07, 6.45) is -4.25. The molecule has 1 aromatic carbocycles. The molecule has 24 heavy (non-hydrogen) atoms. The molecule has 128 valence electrons. The number of aromatic amines is 1. The van der Waals surface area contributed by atoms with E-state index in [0.29, 0.717) is 16.5 Å². The van der Waals surface area contributed by atoms with Crippen molar-refractivity contribution in [3.05, 3.63) is 41.0 Å². The summed E-state index contributed by atoms with van der Waals surface area (Å²) in [5.74, 6) is -1.75. The molecule has 0 fully saturated rings. The summed E-state index contributed by atoms with van der Waals surface area (Å²) in [6, 6.07) is 6.75. The van der Waals surface area contributed by atoms with Crippen molar-refractivity contribution in [3.8, 4) is 0 Å². The molecular weight excluding hydrogens is 345 g/mol. The fourth-order valence-corrected chi connectivity index (χ4v) is 2.87. The molecule has 3 rings (SSSR count). The number of anilines is 2. The van der Waals surface area contributed by atoms with Crippen molar-refractivity contribution in [1.82, 2.24) is 15.5 Å². The first-order valence-electron chi connectivity index (χ1n) is 7.23. The number of carbonyl (C=O) groups excluding carboxylic acids is 1. The number of halogens is 4. The standard InChI is InChI=1S/C15H14ClF3N4O/c1-8(15(17,18)19)6-12-21-14(24)9-7-20-22-13(9)23(12)11-5-3-2-4-10(11)16/h2-5,7-8,12H,6H2,1H3,(H,20,22)(H,21,24)/t8-,12?/m1/s1. The van der Waals surface area contributed by atoms with Gasteiger partial charge >= 0.3 is 6.18 Å². The van der Waals surface area contributed by atoms with Crippen LogP contribution in [0.4, 0.5) is 24.7 Å². The molecule has 1 aliphatic heterocycles. The predicted octanol–water partition coefficient (Wildman–Crippen LogP) is 3.86. The highest BCUT2D eigenvalue weighted by atomic mass is 35.5. The summed E-state index contributed by atoms with van der Waals surface area (Å²) < 4.78 is 38.9. The SMILES string of the molecule is C[C@H](CC1NC(=O)c2cn[nH]c2N1c1ccccc1Cl)C(F)(F)F. The third kappa shape index (κ3) is 2.93. The molecule has 5 nitrogen and oxygen atoms in total. The molecule has 0 aliphatic carbocycles. The van der Waals surface area contributed by atoms with Crippen molar-refractivity contribution in [3.63, 3.8) is 0 Å². The van der Waals surface area contributed by atoms with Gasteiger partial charge in [0.2, 0.25) is 0 Å². The van der Waals surface area contributed by atoms with Crippen LogP contribution < -0.4 is 10.2 Å². The van der Waals surface area contributed by atoms with Gasteiger partial charge in [0, 0.05) is 0 Å². The lowest BCUT2D eigenvalue weighted by Gasteiger charge is -2.38. The highest BCUT2D eigenvalue weighted by Crippen LogP contribution is 2.39. The smallest absolute Gasteiger partial charge is 0.331 e. The minimum atomic E-state index is -4.36. The van der Waals surface area contributed by atoms with E-state index in [1.165, 1.54) is 6.20 Å². The number of rotatable bonds is 3. The quantitative estimate of drug-likeness (QED) is 0.875. The second-order valence-electron chi connectivity index (χ2n) is 5.62. The Morgan fingerprint density at radius 2 is 2.08 bits per heavy atom. The van der Waals surface area contributed by atoms with Gasteiger partial charge in [-0.1, -0.05) is 30.7 Å². The van der Waals surface area contributed by atoms with Crippen molar-refractivity contribution in [2.45, 2.75) is 25.7 Å². The molecular formula is C15H14ClF3N4O. The van der Waals surface area contributed by atoms with Crippen molar-refractivity contribution >= 4 is 29.0 Å². The number of aromatic nitrogens is 2. The fourth-order valence-electron chi connectivity index (χ4n) is 2.65. The van der Waals surface area contributed by atoms with Gasteiger partial charge in [0.25, 0.3) is 5.91 Å². The highest BCUT2D eigenvalue weighted by molar-refractivity contribution is 6.33. The van der Waals surface area contributed by atoms with E-state index in [2.05, 4.69) is 15.5 Å². The van der Waals surface area contributed by atoms with Crippen molar-refractivity contribution in [2.75, 3.05) is 4.90 Å². The highest BCUT2D eigenvalue weighted by Gasteiger charge is 2.42. The minimum Gasteiger partial charge on any atom is -0.331 e. The number of carbonyl (C=O) groups is 1. The molecule has 9 heteroatoms. The van der Waals surface area contributed by atoms with Crippen molar-refractivity contribution < 1.29 is 18.0 Å². The van der Waals surface area contributed by atoms with Crippen LogP contribution in [0.15, 0.2) is 30.5 Å². The van der Waals surface area contributed by atoms with Gasteiger partial charge in [-0.25, -0.2) is 0 Å². The first kappa shape index (κ1) is 16.6. The van der Waals surface area contributed by atoms with Gasteiger partial charge in [0.1, 0.15) is 17.5 Å². The Morgan fingerprint density at radius 1 is 1.38 bits per heavy atom. The molecule has 2 N–H and O–H groups in total. The molecule has 0 saturated heterocycles. The van der Waals surface area contributed by atoms with Gasteiger partial charge in [-0.3, -0.25) is 9.89 Å². The van der Waals surface area contributed by atoms with Gasteiger partial charge in [0.05, 0.1) is 22.8 Å². The zero-order valence-electron chi connectivity index (χ0n) is 12.6. The molecule has 0 radical (unpaired) electrons. The maximum absolute atomic E-state index is 13.0. The number of para-hydroxylation sites is 1. The third-order valence-electron chi connectivity index (χ3n) is 3.96. The Kier molecular flexibility index (Phi) is 4.16. The van der Waals surface area contributed by atoms with Crippen molar-refractivity contribution in [1.29, 1.82) is 0 Å². The summed E-state index contributed by atoms with van der Waals surface area (Å²) in [4.78, 5) is 13.7. The van der Waals surface area contributed by atoms with E-state index in [1.54, 1.807) is 29.2 Å². The van der Waals surface area contributed by atoms with Gasteiger partial charge < -0.3 is 10.2 Å². The molecule has 2 heterocycles. The van der Waals surface area contributed by atoms with Crippen LogP contribution in [0.5, 0.6) is 0 Å². The largest absolute Gasteiger partial charge is 0.391 e. The van der Waals surface area contributed by atoms with Crippen LogP contribution in [0.1, 0.15) is 23.7 Å². The number of alkyl halides is 3. The van der Waals surface area contributed by atoms with Crippen LogP contribution in [0.3, 0.4) is 0 Å². The van der Waals surface area contributed by atoms with Crippen LogP contribution in [0.2, 0.25) is 5.02 Å². The minimum absolute atomic E-state index is 0.255. The number of nitrogens with one attached hydrogen (secondary N) is 2. The molecule has 1 amide bonds. The zero-order chi connectivity index (χ0) is 17.5. The molecule has 0 bridgehead atoms. The lowest BCUT2D eigenvalue weighted by atomic mass is 10.0. The van der Waals surface area contributed by atoms with E-state index in [-0.39, 0.29) is 12.0 Å². The van der Waals surface area contributed by atoms with Gasteiger partial charge in [-0.05, 0) is 18.6 Å². The third-order valence-corrected chi connectivity index (χ3v) is 4.28. The maximum atomic E-state index is 13.0. The average Bonchev–Trinajstić information content (AvgIpc) is 2.98. The fraction of sp³-hybridized carbons (Fsp3) is 0.333. The van der Waals surface area contributed by atoms with E-state index in [4.69, 9.17) is 11.6 Å². The lowest BCUT2D eigenvalue weighted by Crippen LogP contribution is -2.52. The number of hydrogen-bond acceptors (Lipinski definition) is 3. The summed E-state index contributed by atoms with van der Waals surface area (Å²) in [5, 5.41) is 9.48. The van der Waals surface area contributed by atoms with Gasteiger partial charge in [0.15, 0.2) is 0 Å². The van der Waals surface area contributed by atoms with E-state index < -0.39 is 24.2 Å². The Balaban J connectivity index is 2.04. The first-order chi connectivity index (χ1) is 11.3. The monoisotopic (exact) mass is 358 g/mol. The first-order valence-corrected chi connectivity index (χ1v) is 7.61. The molecule has 0 spiro atoms. The Hall–Kier alpha value is -2.22. The summed E-state index contributed by atoms with van der Waals surface area (Å²) in [6.45, 7) is 1.08. The van der Waals surface area contributed by atoms with Crippen LogP contribution in [0, 0.1) is 5.92 Å². The Labute approximate surface area is 140 Å². The maximum Gasteiger partial charge on any atom is 0.391 e. The normalized spacial score (nSPS) is 19.0. The topological polar surface area (TPSA) is 61.0 Å². The van der Waals surface area contributed by atoms with E-state index in [0.717, 1.165) is 6.92 Å². The Bertz CT molecular complexity index is 761. The number of hydrogen-bond donors (Lipinski definition) is 2. The number of amides is 1. The van der Waals surface area contributed by atoms with Crippen molar-refractivity contribution in [2.24, 2.45) is 5.92 Å². The summed E-state index contributed by atoms with van der Waals surface area (Å²) >= 11 is 6.21. The molecule has 0 saturated carbocycles. The summed E-state index contributed by atoms with van der Waals surface area (Å²) in [7, 11) is 0. The number of H-pyrrole nitrogens is 1. The number of benzene rings is 1. The second-order valence-corrected chi connectivity index (χ2v) is 6.03. The predicted molar refractivity (Wildman–Crippen MR) is 83.3 cm³/mol. The summed E-state index contributed by atoms with van der Waals surface area (Å²) in [5.41, 5.74) is 0.745. The van der Waals surface area contributed by atoms with Crippen LogP contribution >= 0.6 is 11.6 Å². The molecule has 1 unspecified atom stereocenters. The van der Waals surface area contributed by atoms with Gasteiger partial charge in [-0.15, -0.1) is 0 Å².